The number of nitrogen functional groups attached to an aromatic ring is 1. The second kappa shape index (κ2) is 5.21. The van der Waals surface area contributed by atoms with E-state index >= 15 is 0 Å². The van der Waals surface area contributed by atoms with Crippen molar-refractivity contribution in [1.29, 1.82) is 0 Å². The molecule has 0 spiro atoms. The molecule has 2 heterocycles. The van der Waals surface area contributed by atoms with Crippen LogP contribution in [0.3, 0.4) is 0 Å². The summed E-state index contributed by atoms with van der Waals surface area (Å²) in [5, 5.41) is 4.28. The summed E-state index contributed by atoms with van der Waals surface area (Å²) in [5.41, 5.74) is 6.76. The number of likely N-dealkylation sites (tertiary alicyclic amines) is 1. The van der Waals surface area contributed by atoms with Crippen LogP contribution in [0.5, 0.6) is 0 Å². The van der Waals surface area contributed by atoms with Crippen LogP contribution >= 0.6 is 0 Å². The van der Waals surface area contributed by atoms with Crippen LogP contribution in [0.4, 0.5) is 5.69 Å². The predicted molar refractivity (Wildman–Crippen MR) is 66.7 cm³/mol. The lowest BCUT2D eigenvalue weighted by Crippen LogP contribution is -2.36. The Morgan fingerprint density at radius 1 is 1.41 bits per heavy atom. The van der Waals surface area contributed by atoms with Crippen molar-refractivity contribution in [2.24, 2.45) is 0 Å². The van der Waals surface area contributed by atoms with E-state index in [-0.39, 0.29) is 5.91 Å². The third-order valence-corrected chi connectivity index (χ3v) is 3.09. The molecule has 0 radical (unpaired) electrons. The third-order valence-electron chi connectivity index (χ3n) is 3.09. The summed E-state index contributed by atoms with van der Waals surface area (Å²) in [6.07, 6.45) is 6.12. The zero-order valence-corrected chi connectivity index (χ0v) is 10.4. The van der Waals surface area contributed by atoms with Crippen LogP contribution in [-0.4, -0.2) is 33.7 Å². The van der Waals surface area contributed by atoms with Gasteiger partial charge >= 0.3 is 0 Å². The van der Waals surface area contributed by atoms with E-state index in [1.54, 1.807) is 10.9 Å². The van der Waals surface area contributed by atoms with E-state index in [4.69, 9.17) is 5.73 Å². The summed E-state index contributed by atoms with van der Waals surface area (Å²) >= 11 is 0. The summed E-state index contributed by atoms with van der Waals surface area (Å²) in [7, 11) is 0. The first kappa shape index (κ1) is 12.0. The maximum Gasteiger partial charge on any atom is 0.276 e. The molecular formula is C12H20N4O. The molecule has 2 N–H and O–H groups in total. The minimum Gasteiger partial charge on any atom is -0.396 e. The fourth-order valence-corrected chi connectivity index (χ4v) is 2.19. The highest BCUT2D eigenvalue weighted by Gasteiger charge is 2.22. The van der Waals surface area contributed by atoms with Gasteiger partial charge in [0.1, 0.15) is 0 Å². The molecule has 5 heteroatoms. The zero-order valence-electron chi connectivity index (χ0n) is 10.4. The van der Waals surface area contributed by atoms with Crippen LogP contribution in [0.25, 0.3) is 0 Å². The number of anilines is 1. The molecular weight excluding hydrogens is 216 g/mol. The van der Waals surface area contributed by atoms with Crippen LogP contribution < -0.4 is 5.73 Å². The highest BCUT2D eigenvalue weighted by molar-refractivity contribution is 5.97. The van der Waals surface area contributed by atoms with Crippen LogP contribution in [0, 0.1) is 0 Å². The number of nitrogens with two attached hydrogens (primary N) is 1. The number of rotatable bonds is 3. The van der Waals surface area contributed by atoms with Crippen molar-refractivity contribution in [1.82, 2.24) is 14.7 Å². The van der Waals surface area contributed by atoms with Crippen LogP contribution in [0.1, 0.15) is 43.1 Å². The predicted octanol–water partition coefficient (Wildman–Crippen LogP) is 1.50. The molecule has 0 atom stereocenters. The standard InChI is InChI=1S/C12H20N4O/c1-2-6-16-9-10(13)11(14-16)12(17)15-7-4-3-5-8-15/h9H,2-8,13H2,1H3. The van der Waals surface area contributed by atoms with E-state index in [1.165, 1.54) is 6.42 Å². The molecule has 5 nitrogen and oxygen atoms in total. The average molecular weight is 236 g/mol. The molecule has 0 aromatic carbocycles. The topological polar surface area (TPSA) is 64.2 Å². The quantitative estimate of drug-likeness (QED) is 0.865. The van der Waals surface area contributed by atoms with Gasteiger partial charge in [0.25, 0.3) is 5.91 Å². The summed E-state index contributed by atoms with van der Waals surface area (Å²) in [6, 6.07) is 0. The first-order chi connectivity index (χ1) is 8.22. The van der Waals surface area contributed by atoms with Gasteiger partial charge in [0, 0.05) is 25.8 Å². The zero-order chi connectivity index (χ0) is 12.3. The molecule has 1 amide bonds. The molecule has 1 saturated heterocycles. The van der Waals surface area contributed by atoms with Crippen molar-refractivity contribution >= 4 is 11.6 Å². The molecule has 0 bridgehead atoms. The molecule has 0 unspecified atom stereocenters. The van der Waals surface area contributed by atoms with Gasteiger partial charge in [-0.05, 0) is 25.7 Å². The molecule has 1 aromatic rings. The summed E-state index contributed by atoms with van der Waals surface area (Å²) in [5.74, 6) is -0.0166. The number of carbonyl (C=O) groups is 1. The first-order valence-corrected chi connectivity index (χ1v) is 6.34. The molecule has 1 fully saturated rings. The van der Waals surface area contributed by atoms with Gasteiger partial charge in [0.05, 0.1) is 5.69 Å². The smallest absolute Gasteiger partial charge is 0.276 e. The van der Waals surface area contributed by atoms with Crippen molar-refractivity contribution < 1.29 is 4.79 Å². The Hall–Kier alpha value is -1.52. The van der Waals surface area contributed by atoms with Crippen molar-refractivity contribution in [2.75, 3.05) is 18.8 Å². The Labute approximate surface area is 102 Å². The number of amides is 1. The molecule has 0 saturated carbocycles. The maximum atomic E-state index is 12.2. The number of hydrogen-bond acceptors (Lipinski definition) is 3. The van der Waals surface area contributed by atoms with Gasteiger partial charge in [-0.1, -0.05) is 6.92 Å². The maximum absolute atomic E-state index is 12.2. The minimum absolute atomic E-state index is 0.0166. The normalized spacial score (nSPS) is 16.2. The first-order valence-electron chi connectivity index (χ1n) is 6.34. The second-order valence-electron chi connectivity index (χ2n) is 4.55. The number of carbonyl (C=O) groups excluding carboxylic acids is 1. The fraction of sp³-hybridized carbons (Fsp3) is 0.667. The lowest BCUT2D eigenvalue weighted by atomic mass is 10.1. The van der Waals surface area contributed by atoms with E-state index in [2.05, 4.69) is 12.0 Å². The Morgan fingerprint density at radius 3 is 2.76 bits per heavy atom. The Balaban J connectivity index is 2.12. The lowest BCUT2D eigenvalue weighted by Gasteiger charge is -2.25. The van der Waals surface area contributed by atoms with Crippen LogP contribution in [-0.2, 0) is 6.54 Å². The Morgan fingerprint density at radius 2 is 2.12 bits per heavy atom. The number of aryl methyl sites for hydroxylation is 1. The van der Waals surface area contributed by atoms with Crippen LogP contribution in [0.2, 0.25) is 0 Å². The van der Waals surface area contributed by atoms with E-state index in [0.717, 1.165) is 38.9 Å². The molecule has 1 aromatic heterocycles. The van der Waals surface area contributed by atoms with Gasteiger partial charge in [0.2, 0.25) is 0 Å². The monoisotopic (exact) mass is 236 g/mol. The fourth-order valence-electron chi connectivity index (χ4n) is 2.19. The Bertz CT molecular complexity index is 393. The molecule has 2 rings (SSSR count). The van der Waals surface area contributed by atoms with Gasteiger partial charge < -0.3 is 10.6 Å². The lowest BCUT2D eigenvalue weighted by molar-refractivity contribution is 0.0718. The Kier molecular flexibility index (Phi) is 3.66. The number of nitrogens with zero attached hydrogens (tertiary/aromatic N) is 3. The SMILES string of the molecule is CCCn1cc(N)c(C(=O)N2CCCCC2)n1. The molecule has 1 aliphatic heterocycles. The third kappa shape index (κ3) is 2.60. The second-order valence-corrected chi connectivity index (χ2v) is 4.55. The number of piperidine rings is 1. The average Bonchev–Trinajstić information content (AvgIpc) is 2.71. The van der Waals surface area contributed by atoms with Gasteiger partial charge in [0.15, 0.2) is 5.69 Å². The van der Waals surface area contributed by atoms with Gasteiger partial charge in [-0.25, -0.2) is 0 Å². The van der Waals surface area contributed by atoms with Crippen molar-refractivity contribution in [3.63, 3.8) is 0 Å². The number of aromatic nitrogens is 2. The number of hydrogen-bond donors (Lipinski definition) is 1. The van der Waals surface area contributed by atoms with Gasteiger partial charge in [-0.2, -0.15) is 5.10 Å². The molecule has 1 aliphatic rings. The van der Waals surface area contributed by atoms with Crippen molar-refractivity contribution in [3.05, 3.63) is 11.9 Å². The molecule has 94 valence electrons. The largest absolute Gasteiger partial charge is 0.396 e. The highest BCUT2D eigenvalue weighted by Crippen LogP contribution is 2.16. The summed E-state index contributed by atoms with van der Waals surface area (Å²) in [4.78, 5) is 14.1. The van der Waals surface area contributed by atoms with Crippen LogP contribution in [0.15, 0.2) is 6.20 Å². The minimum atomic E-state index is -0.0166. The highest BCUT2D eigenvalue weighted by atomic mass is 16.2. The van der Waals surface area contributed by atoms with E-state index in [0.29, 0.717) is 11.4 Å². The summed E-state index contributed by atoms with van der Waals surface area (Å²) in [6.45, 7) is 4.54. The van der Waals surface area contributed by atoms with Gasteiger partial charge in [-0.3, -0.25) is 9.48 Å². The molecule has 0 aliphatic carbocycles. The van der Waals surface area contributed by atoms with E-state index < -0.39 is 0 Å². The molecule has 17 heavy (non-hydrogen) atoms. The van der Waals surface area contributed by atoms with Gasteiger partial charge in [-0.15, -0.1) is 0 Å². The van der Waals surface area contributed by atoms with Crippen molar-refractivity contribution in [3.8, 4) is 0 Å². The van der Waals surface area contributed by atoms with Crippen molar-refractivity contribution in [2.45, 2.75) is 39.2 Å². The van der Waals surface area contributed by atoms with E-state index in [1.807, 2.05) is 4.90 Å². The van der Waals surface area contributed by atoms with E-state index in [9.17, 15) is 4.79 Å². The summed E-state index contributed by atoms with van der Waals surface area (Å²) < 4.78 is 1.76.